The number of rotatable bonds is 7. The minimum Gasteiger partial charge on any atom is -0.317 e. The van der Waals surface area contributed by atoms with E-state index in [4.69, 9.17) is 0 Å². The molecule has 1 fully saturated rings. The highest BCUT2D eigenvalue weighted by Crippen LogP contribution is 2.24. The Morgan fingerprint density at radius 2 is 1.47 bits per heavy atom. The van der Waals surface area contributed by atoms with Gasteiger partial charge in [0.05, 0.1) is 0 Å². The monoisotopic (exact) mass is 480 g/mol. The molecule has 0 unspecified atom stereocenters. The van der Waals surface area contributed by atoms with Crippen LogP contribution in [0.15, 0.2) is 89.0 Å². The second kappa shape index (κ2) is 18.1. The van der Waals surface area contributed by atoms with E-state index in [1.165, 1.54) is 42.2 Å². The topological polar surface area (TPSA) is 32.3 Å². The Labute approximate surface area is 212 Å². The van der Waals surface area contributed by atoms with Gasteiger partial charge in [0.1, 0.15) is 0 Å². The number of hydrogen-bond donors (Lipinski definition) is 1. The summed E-state index contributed by atoms with van der Waals surface area (Å²) in [5.41, 5.74) is 3.54. The molecule has 1 aliphatic heterocycles. The third-order valence-corrected chi connectivity index (χ3v) is 6.44. The minimum atomic E-state index is -0.0461. The van der Waals surface area contributed by atoms with Gasteiger partial charge in [-0.2, -0.15) is 0 Å². The highest BCUT2D eigenvalue weighted by Gasteiger charge is 2.21. The second-order valence-corrected chi connectivity index (χ2v) is 8.80. The van der Waals surface area contributed by atoms with Crippen LogP contribution in [-0.4, -0.2) is 29.8 Å². The number of piperidine rings is 1. The fourth-order valence-corrected chi connectivity index (χ4v) is 4.61. The molecule has 0 bridgehead atoms. The summed E-state index contributed by atoms with van der Waals surface area (Å²) in [5, 5.41) is 3.04. The van der Waals surface area contributed by atoms with E-state index in [9.17, 15) is 4.79 Å². The van der Waals surface area contributed by atoms with Crippen molar-refractivity contribution in [3.05, 3.63) is 89.6 Å². The molecular weight excluding hydrogens is 436 g/mol. The van der Waals surface area contributed by atoms with Gasteiger partial charge in [0.15, 0.2) is 0 Å². The van der Waals surface area contributed by atoms with Crippen LogP contribution in [0.25, 0.3) is 0 Å². The Hall–Kier alpha value is -2.30. The number of allylic oxidation sites excluding steroid dienone is 2. The van der Waals surface area contributed by atoms with Crippen molar-refractivity contribution in [2.24, 2.45) is 5.92 Å². The maximum atomic E-state index is 12.5. The van der Waals surface area contributed by atoms with Crippen LogP contribution >= 0.6 is 11.8 Å². The summed E-state index contributed by atoms with van der Waals surface area (Å²) in [6, 6.07) is 20.6. The maximum Gasteiger partial charge on any atom is 0.288 e. The van der Waals surface area contributed by atoms with Gasteiger partial charge in [0.2, 0.25) is 0 Å². The van der Waals surface area contributed by atoms with Crippen molar-refractivity contribution in [1.82, 2.24) is 10.2 Å². The first-order chi connectivity index (χ1) is 16.7. The van der Waals surface area contributed by atoms with Gasteiger partial charge in [-0.05, 0) is 87.1 Å². The van der Waals surface area contributed by atoms with E-state index in [1.807, 2.05) is 71.0 Å². The summed E-state index contributed by atoms with van der Waals surface area (Å²) in [6.45, 7) is 15.1. The van der Waals surface area contributed by atoms with E-state index in [-0.39, 0.29) is 5.24 Å². The number of thioether (sulfide) groups is 1. The summed E-state index contributed by atoms with van der Waals surface area (Å²) < 4.78 is 0. The SMILES string of the molecule is C/C=C(CN1CCC(Cc2ccccc2)CC1)\C(=C/C)NC(=O)Sc1ccccc1.CC.CC. The van der Waals surface area contributed by atoms with Crippen molar-refractivity contribution >= 4 is 17.0 Å². The molecule has 4 heteroatoms. The first-order valence-electron chi connectivity index (χ1n) is 12.8. The molecule has 0 aliphatic carbocycles. The van der Waals surface area contributed by atoms with Crippen LogP contribution < -0.4 is 5.32 Å². The van der Waals surface area contributed by atoms with Crippen molar-refractivity contribution in [2.45, 2.75) is 65.7 Å². The van der Waals surface area contributed by atoms with Crippen LogP contribution in [0.1, 0.15) is 59.9 Å². The molecule has 0 aromatic heterocycles. The zero-order chi connectivity index (χ0) is 25.2. The van der Waals surface area contributed by atoms with Crippen LogP contribution in [0.4, 0.5) is 4.79 Å². The van der Waals surface area contributed by atoms with Crippen molar-refractivity contribution in [3.63, 3.8) is 0 Å². The first kappa shape index (κ1) is 29.7. The molecule has 3 nitrogen and oxygen atoms in total. The Morgan fingerprint density at radius 3 is 2.00 bits per heavy atom. The lowest BCUT2D eigenvalue weighted by Gasteiger charge is -2.33. The normalized spacial score (nSPS) is 14.9. The average molecular weight is 481 g/mol. The van der Waals surface area contributed by atoms with E-state index in [0.29, 0.717) is 0 Å². The van der Waals surface area contributed by atoms with Gasteiger partial charge in [-0.3, -0.25) is 9.69 Å². The molecule has 0 spiro atoms. The molecular formula is C30H44N2OS. The molecule has 3 rings (SSSR count). The van der Waals surface area contributed by atoms with E-state index in [2.05, 4.69) is 53.5 Å². The van der Waals surface area contributed by atoms with E-state index < -0.39 is 0 Å². The molecule has 0 saturated carbocycles. The van der Waals surface area contributed by atoms with Crippen molar-refractivity contribution in [3.8, 4) is 0 Å². The molecule has 2 aromatic carbocycles. The van der Waals surface area contributed by atoms with Gasteiger partial charge < -0.3 is 5.32 Å². The lowest BCUT2D eigenvalue weighted by Crippen LogP contribution is -2.36. The maximum absolute atomic E-state index is 12.5. The Balaban J connectivity index is 0.00000137. The lowest BCUT2D eigenvalue weighted by atomic mass is 9.90. The number of nitrogens with zero attached hydrogens (tertiary/aromatic N) is 1. The smallest absolute Gasteiger partial charge is 0.288 e. The Kier molecular flexibility index (Phi) is 15.8. The fraction of sp³-hybridized carbons (Fsp3) is 0.433. The lowest BCUT2D eigenvalue weighted by molar-refractivity contribution is 0.197. The standard InChI is InChI=1S/C26H32N2OS.2C2H6/c1-3-23(25(4-2)27-26(29)30-24-13-9-6-10-14-24)20-28-17-15-22(16-18-28)19-21-11-7-5-8-12-21;2*1-2/h3-14,22H,15-20H2,1-2H3,(H,27,29);2*1-2H3/b23-3-,25-4+;;. The van der Waals surface area contributed by atoms with Gasteiger partial charge in [-0.15, -0.1) is 0 Å². The first-order valence-corrected chi connectivity index (χ1v) is 13.6. The quantitative estimate of drug-likeness (QED) is 0.319. The third-order valence-electron chi connectivity index (χ3n) is 5.64. The highest BCUT2D eigenvalue weighted by molar-refractivity contribution is 8.13. The van der Waals surface area contributed by atoms with Crippen LogP contribution in [-0.2, 0) is 6.42 Å². The molecule has 34 heavy (non-hydrogen) atoms. The summed E-state index contributed by atoms with van der Waals surface area (Å²) in [5.74, 6) is 0.765. The predicted molar refractivity (Wildman–Crippen MR) is 150 cm³/mol. The summed E-state index contributed by atoms with van der Waals surface area (Å²) in [6.07, 6.45) is 7.76. The van der Waals surface area contributed by atoms with Crippen molar-refractivity contribution < 1.29 is 4.79 Å². The van der Waals surface area contributed by atoms with Crippen LogP contribution in [0.5, 0.6) is 0 Å². The zero-order valence-corrected chi connectivity index (χ0v) is 22.8. The van der Waals surface area contributed by atoms with E-state index >= 15 is 0 Å². The summed E-state index contributed by atoms with van der Waals surface area (Å²) in [7, 11) is 0. The number of likely N-dealkylation sites (tertiary alicyclic amines) is 1. The van der Waals surface area contributed by atoms with Gasteiger partial charge in [0.25, 0.3) is 5.24 Å². The molecule has 2 aromatic rings. The number of hydrogen-bond acceptors (Lipinski definition) is 3. The number of carbonyl (C=O) groups is 1. The molecule has 0 atom stereocenters. The third kappa shape index (κ3) is 10.8. The van der Waals surface area contributed by atoms with Gasteiger partial charge in [-0.1, -0.05) is 88.4 Å². The number of amides is 1. The largest absolute Gasteiger partial charge is 0.317 e. The number of benzene rings is 2. The summed E-state index contributed by atoms with van der Waals surface area (Å²) in [4.78, 5) is 15.9. The fourth-order valence-electron chi connectivity index (χ4n) is 3.94. The highest BCUT2D eigenvalue weighted by atomic mass is 32.2. The number of carbonyl (C=O) groups excluding carboxylic acids is 1. The average Bonchev–Trinajstić information content (AvgIpc) is 2.90. The summed E-state index contributed by atoms with van der Waals surface area (Å²) >= 11 is 1.23. The van der Waals surface area contributed by atoms with Crippen LogP contribution in [0.3, 0.4) is 0 Å². The van der Waals surface area contributed by atoms with Gasteiger partial charge in [0, 0.05) is 17.1 Å². The molecule has 1 heterocycles. The van der Waals surface area contributed by atoms with Crippen molar-refractivity contribution in [2.75, 3.05) is 19.6 Å². The van der Waals surface area contributed by atoms with E-state index in [0.717, 1.165) is 36.1 Å². The van der Waals surface area contributed by atoms with Gasteiger partial charge in [-0.25, -0.2) is 0 Å². The van der Waals surface area contributed by atoms with Crippen molar-refractivity contribution in [1.29, 1.82) is 0 Å². The molecule has 0 radical (unpaired) electrons. The molecule has 186 valence electrons. The molecule has 1 saturated heterocycles. The minimum absolute atomic E-state index is 0.0461. The second-order valence-electron chi connectivity index (χ2n) is 7.75. The molecule has 1 N–H and O–H groups in total. The Bertz CT molecular complexity index is 854. The van der Waals surface area contributed by atoms with Crippen LogP contribution in [0, 0.1) is 5.92 Å². The Morgan fingerprint density at radius 1 is 0.912 bits per heavy atom. The zero-order valence-electron chi connectivity index (χ0n) is 22.0. The van der Waals surface area contributed by atoms with Gasteiger partial charge >= 0.3 is 0 Å². The number of nitrogens with one attached hydrogen (secondary N) is 1. The van der Waals surface area contributed by atoms with Crippen LogP contribution in [0.2, 0.25) is 0 Å². The molecule has 1 amide bonds. The molecule has 1 aliphatic rings. The predicted octanol–water partition coefficient (Wildman–Crippen LogP) is 8.35. The van der Waals surface area contributed by atoms with E-state index in [1.54, 1.807) is 0 Å².